The molecule has 1 saturated heterocycles. The van der Waals surface area contributed by atoms with E-state index in [2.05, 4.69) is 10.3 Å². The van der Waals surface area contributed by atoms with Gasteiger partial charge in [-0.15, -0.1) is 0 Å². The van der Waals surface area contributed by atoms with Gasteiger partial charge in [0, 0.05) is 30.8 Å². The number of aliphatic hydroxyl groups is 1. The first-order chi connectivity index (χ1) is 15.9. The van der Waals surface area contributed by atoms with Crippen molar-refractivity contribution in [2.75, 3.05) is 19.7 Å². The lowest BCUT2D eigenvalue weighted by Crippen LogP contribution is -2.51. The fourth-order valence-corrected chi connectivity index (χ4v) is 4.50. The van der Waals surface area contributed by atoms with Crippen LogP contribution in [0.2, 0.25) is 0 Å². The Labute approximate surface area is 190 Å². The van der Waals surface area contributed by atoms with Crippen molar-refractivity contribution in [1.29, 1.82) is 0 Å². The lowest BCUT2D eigenvalue weighted by Gasteiger charge is -2.36. The van der Waals surface area contributed by atoms with Gasteiger partial charge >= 0.3 is 5.69 Å². The molecule has 0 bridgehead atoms. The monoisotopic (exact) mass is 456 g/mol. The van der Waals surface area contributed by atoms with Crippen molar-refractivity contribution < 1.29 is 19.4 Å². The molecule has 10 heteroatoms. The summed E-state index contributed by atoms with van der Waals surface area (Å²) in [5, 5.41) is 13.7. The summed E-state index contributed by atoms with van der Waals surface area (Å²) in [4.78, 5) is 52.0. The lowest BCUT2D eigenvalue weighted by molar-refractivity contribution is -0.128. The Morgan fingerprint density at radius 2 is 2.03 bits per heavy atom. The van der Waals surface area contributed by atoms with Crippen LogP contribution >= 0.6 is 0 Å². The number of amides is 2. The fraction of sp³-hybridized carbons (Fsp3) is 0.478. The number of aliphatic hydroxyl groups excluding tert-OH is 1. The number of ether oxygens (including phenoxy) is 1. The minimum atomic E-state index is -0.983. The zero-order chi connectivity index (χ0) is 23.4. The van der Waals surface area contributed by atoms with Gasteiger partial charge in [-0.05, 0) is 43.9 Å². The molecule has 2 amide bonds. The normalized spacial score (nSPS) is 22.9. The van der Waals surface area contributed by atoms with Crippen molar-refractivity contribution in [2.24, 2.45) is 0 Å². The van der Waals surface area contributed by atoms with Crippen LogP contribution < -0.4 is 21.3 Å². The van der Waals surface area contributed by atoms with Crippen LogP contribution in [0.25, 0.3) is 0 Å². The highest BCUT2D eigenvalue weighted by Crippen LogP contribution is 2.28. The maximum absolute atomic E-state index is 12.8. The molecule has 10 nitrogen and oxygen atoms in total. The summed E-state index contributed by atoms with van der Waals surface area (Å²) in [6.45, 7) is 1.60. The largest absolute Gasteiger partial charge is 0.492 e. The Bertz CT molecular complexity index is 1130. The molecule has 4 rings (SSSR count). The van der Waals surface area contributed by atoms with Crippen LogP contribution in [0.5, 0.6) is 5.75 Å². The Morgan fingerprint density at radius 3 is 2.79 bits per heavy atom. The van der Waals surface area contributed by atoms with E-state index in [1.165, 1.54) is 16.8 Å². The quantitative estimate of drug-likeness (QED) is 0.553. The summed E-state index contributed by atoms with van der Waals surface area (Å²) in [7, 11) is 0. The molecule has 3 atom stereocenters. The van der Waals surface area contributed by atoms with Gasteiger partial charge in [0.2, 0.25) is 5.91 Å². The van der Waals surface area contributed by atoms with Crippen molar-refractivity contribution in [3.63, 3.8) is 0 Å². The molecule has 0 spiro atoms. The molecule has 33 heavy (non-hydrogen) atoms. The van der Waals surface area contributed by atoms with Crippen molar-refractivity contribution in [3.8, 4) is 5.75 Å². The van der Waals surface area contributed by atoms with E-state index in [1.54, 1.807) is 29.2 Å². The third kappa shape index (κ3) is 5.33. The number of carbonyl (C=O) groups excluding carboxylic acids is 2. The molecule has 1 aromatic carbocycles. The Morgan fingerprint density at radius 1 is 1.18 bits per heavy atom. The van der Waals surface area contributed by atoms with Crippen LogP contribution in [-0.2, 0) is 4.79 Å². The van der Waals surface area contributed by atoms with Crippen LogP contribution in [0.4, 0.5) is 0 Å². The smallest absolute Gasteiger partial charge is 0.328 e. The van der Waals surface area contributed by atoms with Crippen molar-refractivity contribution in [3.05, 3.63) is 62.9 Å². The number of H-pyrrole nitrogens is 1. The Hall–Kier alpha value is -3.40. The molecule has 0 unspecified atom stereocenters. The van der Waals surface area contributed by atoms with Gasteiger partial charge in [-0.1, -0.05) is 6.07 Å². The van der Waals surface area contributed by atoms with E-state index in [4.69, 9.17) is 4.74 Å². The molecule has 2 heterocycles. The zero-order valence-electron chi connectivity index (χ0n) is 18.2. The third-order valence-electron chi connectivity index (χ3n) is 6.24. The predicted octanol–water partition coefficient (Wildman–Crippen LogP) is 0.422. The molecule has 2 aliphatic rings. The van der Waals surface area contributed by atoms with E-state index < -0.39 is 29.4 Å². The zero-order valence-corrected chi connectivity index (χ0v) is 18.2. The number of hydrogen-bond acceptors (Lipinski definition) is 6. The van der Waals surface area contributed by atoms with Crippen LogP contribution in [0.15, 0.2) is 46.1 Å². The number of aromatic nitrogens is 2. The first-order valence-electron chi connectivity index (χ1n) is 11.2. The van der Waals surface area contributed by atoms with Gasteiger partial charge in [-0.3, -0.25) is 23.9 Å². The predicted molar refractivity (Wildman–Crippen MR) is 119 cm³/mol. The molecule has 1 aliphatic carbocycles. The summed E-state index contributed by atoms with van der Waals surface area (Å²) in [6, 6.07) is 6.90. The summed E-state index contributed by atoms with van der Waals surface area (Å²) in [5.41, 5.74) is -0.695. The second-order valence-electron chi connectivity index (χ2n) is 8.45. The Kier molecular flexibility index (Phi) is 6.93. The molecule has 0 radical (unpaired) electrons. The summed E-state index contributed by atoms with van der Waals surface area (Å²) < 4.78 is 7.04. The minimum Gasteiger partial charge on any atom is -0.492 e. The first-order valence-corrected chi connectivity index (χ1v) is 11.2. The highest BCUT2D eigenvalue weighted by molar-refractivity contribution is 5.94. The lowest BCUT2D eigenvalue weighted by atomic mass is 9.87. The number of carbonyl (C=O) groups is 2. The van der Waals surface area contributed by atoms with Gasteiger partial charge in [0.25, 0.3) is 11.5 Å². The second kappa shape index (κ2) is 10.0. The number of rotatable bonds is 7. The standard InChI is InChI=1S/C23H28N4O6/c28-19-9-11-27(23(32)25-19)18-7-2-6-17(21(18)30)24-22(31)15-4-1-5-16(14-15)33-13-12-26-10-3-8-20(26)29/h1,4-5,9,11,14,17-18,21,30H,2-3,6-8,10,12-13H2,(H,24,31)(H,25,28,32)/t17-,18-,21-/m1/s1. The van der Waals surface area contributed by atoms with Crippen LogP contribution in [-0.4, -0.2) is 63.2 Å². The van der Waals surface area contributed by atoms with Gasteiger partial charge < -0.3 is 20.1 Å². The third-order valence-corrected chi connectivity index (χ3v) is 6.24. The topological polar surface area (TPSA) is 134 Å². The molecular formula is C23H28N4O6. The van der Waals surface area contributed by atoms with Crippen LogP contribution in [0, 0.1) is 0 Å². The summed E-state index contributed by atoms with van der Waals surface area (Å²) in [6.07, 6.45) is 3.68. The molecule has 2 aromatic rings. The number of hydrogen-bond donors (Lipinski definition) is 3. The van der Waals surface area contributed by atoms with Gasteiger partial charge in [-0.25, -0.2) is 4.79 Å². The number of likely N-dealkylation sites (tertiary alicyclic amines) is 1. The Balaban J connectivity index is 1.37. The number of benzene rings is 1. The van der Waals surface area contributed by atoms with Gasteiger partial charge in [0.05, 0.1) is 24.7 Å². The number of nitrogens with one attached hydrogen (secondary N) is 2. The van der Waals surface area contributed by atoms with E-state index in [1.807, 2.05) is 0 Å². The summed E-state index contributed by atoms with van der Waals surface area (Å²) >= 11 is 0. The molecular weight excluding hydrogens is 428 g/mol. The highest BCUT2D eigenvalue weighted by atomic mass is 16.5. The molecule has 3 N–H and O–H groups in total. The molecule has 2 fully saturated rings. The SMILES string of the molecule is O=C(N[C@@H]1CCC[C@@H](n2ccc(=O)[nH]c2=O)[C@@H]1O)c1cccc(OCCN2CCCC2=O)c1. The maximum atomic E-state index is 12.8. The summed E-state index contributed by atoms with van der Waals surface area (Å²) in [5.74, 6) is 0.310. The van der Waals surface area contributed by atoms with Gasteiger partial charge in [-0.2, -0.15) is 0 Å². The maximum Gasteiger partial charge on any atom is 0.328 e. The van der Waals surface area contributed by atoms with Crippen molar-refractivity contribution >= 4 is 11.8 Å². The van der Waals surface area contributed by atoms with Gasteiger partial charge in [0.15, 0.2) is 0 Å². The van der Waals surface area contributed by atoms with Gasteiger partial charge in [0.1, 0.15) is 12.4 Å². The average Bonchev–Trinajstić information content (AvgIpc) is 3.20. The van der Waals surface area contributed by atoms with Crippen LogP contribution in [0.3, 0.4) is 0 Å². The van der Waals surface area contributed by atoms with E-state index in [0.29, 0.717) is 50.1 Å². The van der Waals surface area contributed by atoms with Crippen LogP contribution in [0.1, 0.15) is 48.5 Å². The van der Waals surface area contributed by atoms with Crippen molar-refractivity contribution in [2.45, 2.75) is 50.3 Å². The average molecular weight is 456 g/mol. The number of aromatic amines is 1. The van der Waals surface area contributed by atoms with E-state index in [-0.39, 0.29) is 11.8 Å². The molecule has 1 aromatic heterocycles. The fourth-order valence-electron chi connectivity index (χ4n) is 4.50. The molecule has 1 saturated carbocycles. The van der Waals surface area contributed by atoms with E-state index in [9.17, 15) is 24.3 Å². The minimum absolute atomic E-state index is 0.139. The molecule has 1 aliphatic heterocycles. The second-order valence-corrected chi connectivity index (χ2v) is 8.45. The van der Waals surface area contributed by atoms with E-state index >= 15 is 0 Å². The molecule has 176 valence electrons. The highest BCUT2D eigenvalue weighted by Gasteiger charge is 2.34. The first kappa shape index (κ1) is 22.8. The van der Waals surface area contributed by atoms with E-state index in [0.717, 1.165) is 13.0 Å². The number of nitrogens with zero attached hydrogens (tertiary/aromatic N) is 2. The van der Waals surface area contributed by atoms with Crippen molar-refractivity contribution in [1.82, 2.24) is 19.8 Å².